The van der Waals surface area contributed by atoms with Gasteiger partial charge >= 0.3 is 0 Å². The second-order valence-corrected chi connectivity index (χ2v) is 7.95. The molecule has 0 aliphatic carbocycles. The standard InChI is InChI=1S/C18H22N2O5S/c1-13-5-7-14(8-6-13)25-12-18(21)19-16-11-15(9-10-17(16)24-4)26(22,23)20(2)3/h5-11H,12H2,1-4H3,(H,19,21). The van der Waals surface area contributed by atoms with Gasteiger partial charge in [-0.1, -0.05) is 17.7 Å². The van der Waals surface area contributed by atoms with E-state index in [2.05, 4.69) is 5.32 Å². The van der Waals surface area contributed by atoms with Gasteiger partial charge in [0.1, 0.15) is 11.5 Å². The number of rotatable bonds is 7. The van der Waals surface area contributed by atoms with Crippen molar-refractivity contribution in [3.8, 4) is 11.5 Å². The number of hydrogen-bond donors (Lipinski definition) is 1. The molecule has 0 saturated heterocycles. The highest BCUT2D eigenvalue weighted by Crippen LogP contribution is 2.28. The first-order valence-electron chi connectivity index (χ1n) is 7.84. The van der Waals surface area contributed by atoms with Crippen molar-refractivity contribution < 1.29 is 22.7 Å². The first-order valence-corrected chi connectivity index (χ1v) is 9.28. The molecule has 2 rings (SSSR count). The van der Waals surface area contributed by atoms with Gasteiger partial charge in [-0.2, -0.15) is 0 Å². The van der Waals surface area contributed by atoms with Gasteiger partial charge in [-0.3, -0.25) is 4.79 Å². The minimum absolute atomic E-state index is 0.0538. The first kappa shape index (κ1) is 19.7. The lowest BCUT2D eigenvalue weighted by molar-refractivity contribution is -0.118. The molecule has 7 nitrogen and oxygen atoms in total. The van der Waals surface area contributed by atoms with E-state index in [0.29, 0.717) is 11.5 Å². The molecule has 0 bridgehead atoms. The van der Waals surface area contributed by atoms with E-state index in [0.717, 1.165) is 9.87 Å². The third-order valence-electron chi connectivity index (χ3n) is 3.61. The fourth-order valence-electron chi connectivity index (χ4n) is 2.13. The molecule has 0 saturated carbocycles. The van der Waals surface area contributed by atoms with Gasteiger partial charge in [0.15, 0.2) is 6.61 Å². The second kappa shape index (κ2) is 8.20. The molecule has 8 heteroatoms. The maximum atomic E-state index is 12.3. The molecular formula is C18H22N2O5S. The number of nitrogens with zero attached hydrogens (tertiary/aromatic N) is 1. The van der Waals surface area contributed by atoms with Crippen molar-refractivity contribution in [2.75, 3.05) is 33.1 Å². The predicted molar refractivity (Wildman–Crippen MR) is 99.2 cm³/mol. The number of methoxy groups -OCH3 is 1. The Balaban J connectivity index is 2.13. The molecule has 0 aromatic heterocycles. The highest BCUT2D eigenvalue weighted by Gasteiger charge is 2.20. The quantitative estimate of drug-likeness (QED) is 0.799. The Kier molecular flexibility index (Phi) is 6.23. The normalized spacial score (nSPS) is 11.3. The number of sulfonamides is 1. The molecule has 140 valence electrons. The van der Waals surface area contributed by atoms with Crippen molar-refractivity contribution >= 4 is 21.6 Å². The second-order valence-electron chi connectivity index (χ2n) is 5.80. The molecule has 0 aliphatic rings. The molecule has 0 fully saturated rings. The third kappa shape index (κ3) is 4.74. The molecule has 1 amide bonds. The number of carbonyl (C=O) groups is 1. The minimum Gasteiger partial charge on any atom is -0.495 e. The summed E-state index contributed by atoms with van der Waals surface area (Å²) in [5.41, 5.74) is 1.35. The number of nitrogens with one attached hydrogen (secondary N) is 1. The Morgan fingerprint density at radius 2 is 1.77 bits per heavy atom. The van der Waals surface area contributed by atoms with Crippen LogP contribution >= 0.6 is 0 Å². The van der Waals surface area contributed by atoms with Crippen molar-refractivity contribution in [3.63, 3.8) is 0 Å². The molecule has 0 aliphatic heterocycles. The highest BCUT2D eigenvalue weighted by molar-refractivity contribution is 7.89. The number of anilines is 1. The summed E-state index contributed by atoms with van der Waals surface area (Å²) >= 11 is 0. The van der Waals surface area contributed by atoms with Crippen LogP contribution in [0.15, 0.2) is 47.4 Å². The number of hydrogen-bond acceptors (Lipinski definition) is 5. The van der Waals surface area contributed by atoms with Gasteiger partial charge in [0, 0.05) is 14.1 Å². The van der Waals surface area contributed by atoms with Gasteiger partial charge in [-0.15, -0.1) is 0 Å². The van der Waals surface area contributed by atoms with E-state index < -0.39 is 15.9 Å². The lowest BCUT2D eigenvalue weighted by Crippen LogP contribution is -2.23. The summed E-state index contributed by atoms with van der Waals surface area (Å²) in [5.74, 6) is 0.497. The number of aryl methyl sites for hydroxylation is 1. The average Bonchev–Trinajstić information content (AvgIpc) is 2.61. The Hall–Kier alpha value is -2.58. The molecular weight excluding hydrogens is 356 g/mol. The van der Waals surface area contributed by atoms with Crippen molar-refractivity contribution in [1.29, 1.82) is 0 Å². The largest absolute Gasteiger partial charge is 0.495 e. The Labute approximate surface area is 153 Å². The molecule has 26 heavy (non-hydrogen) atoms. The Morgan fingerprint density at radius 3 is 2.35 bits per heavy atom. The lowest BCUT2D eigenvalue weighted by atomic mass is 10.2. The average molecular weight is 378 g/mol. The topological polar surface area (TPSA) is 84.9 Å². The Morgan fingerprint density at radius 1 is 1.12 bits per heavy atom. The molecule has 2 aromatic carbocycles. The van der Waals surface area contributed by atoms with Gasteiger partial charge in [0.25, 0.3) is 5.91 Å². The zero-order valence-corrected chi connectivity index (χ0v) is 16.0. The van der Waals surface area contributed by atoms with Crippen LogP contribution in [0, 0.1) is 6.92 Å². The molecule has 0 atom stereocenters. The highest BCUT2D eigenvalue weighted by atomic mass is 32.2. The van der Waals surface area contributed by atoms with Crippen LogP contribution in [-0.4, -0.2) is 46.4 Å². The SMILES string of the molecule is COc1ccc(S(=O)(=O)N(C)C)cc1NC(=O)COc1ccc(C)cc1. The van der Waals surface area contributed by atoms with Crippen molar-refractivity contribution in [2.24, 2.45) is 0 Å². The summed E-state index contributed by atoms with van der Waals surface area (Å²) in [6.45, 7) is 1.74. The zero-order valence-electron chi connectivity index (χ0n) is 15.1. The van der Waals surface area contributed by atoms with Gasteiger partial charge in [-0.25, -0.2) is 12.7 Å². The lowest BCUT2D eigenvalue weighted by Gasteiger charge is -2.15. The van der Waals surface area contributed by atoms with E-state index in [-0.39, 0.29) is 17.2 Å². The van der Waals surface area contributed by atoms with E-state index in [1.165, 1.54) is 39.4 Å². The third-order valence-corrected chi connectivity index (χ3v) is 5.43. The van der Waals surface area contributed by atoms with Gasteiger partial charge in [-0.05, 0) is 37.3 Å². The summed E-state index contributed by atoms with van der Waals surface area (Å²) in [6, 6.07) is 11.6. The molecule has 1 N–H and O–H groups in total. The first-order chi connectivity index (χ1) is 12.2. The fraction of sp³-hybridized carbons (Fsp3) is 0.278. The van der Waals surface area contributed by atoms with Gasteiger partial charge < -0.3 is 14.8 Å². The van der Waals surface area contributed by atoms with Crippen LogP contribution in [0.3, 0.4) is 0 Å². The van der Waals surface area contributed by atoms with E-state index in [4.69, 9.17) is 9.47 Å². The van der Waals surface area contributed by atoms with Crippen LogP contribution in [-0.2, 0) is 14.8 Å². The summed E-state index contributed by atoms with van der Waals surface area (Å²) < 4.78 is 36.2. The van der Waals surface area contributed by atoms with Crippen LogP contribution in [0.4, 0.5) is 5.69 Å². The van der Waals surface area contributed by atoms with Crippen LogP contribution in [0.1, 0.15) is 5.56 Å². The number of benzene rings is 2. The zero-order chi connectivity index (χ0) is 19.3. The summed E-state index contributed by atoms with van der Waals surface area (Å²) in [6.07, 6.45) is 0. The minimum atomic E-state index is -3.62. The molecule has 2 aromatic rings. The van der Waals surface area contributed by atoms with Crippen LogP contribution < -0.4 is 14.8 Å². The molecule has 0 heterocycles. The number of carbonyl (C=O) groups excluding carboxylic acids is 1. The molecule has 0 unspecified atom stereocenters. The number of amides is 1. The van der Waals surface area contributed by atoms with E-state index in [9.17, 15) is 13.2 Å². The molecule has 0 spiro atoms. The van der Waals surface area contributed by atoms with Gasteiger partial charge in [0.05, 0.1) is 17.7 Å². The smallest absolute Gasteiger partial charge is 0.262 e. The summed E-state index contributed by atoms with van der Waals surface area (Å²) in [7, 11) is 0.690. The monoisotopic (exact) mass is 378 g/mol. The fourth-order valence-corrected chi connectivity index (χ4v) is 3.05. The van der Waals surface area contributed by atoms with E-state index in [1.807, 2.05) is 19.1 Å². The Bertz CT molecular complexity index is 877. The van der Waals surface area contributed by atoms with Crippen molar-refractivity contribution in [2.45, 2.75) is 11.8 Å². The van der Waals surface area contributed by atoms with Crippen LogP contribution in [0.5, 0.6) is 11.5 Å². The van der Waals surface area contributed by atoms with Gasteiger partial charge in [0.2, 0.25) is 10.0 Å². The summed E-state index contributed by atoms with van der Waals surface area (Å²) in [5, 5.41) is 2.62. The van der Waals surface area contributed by atoms with Crippen molar-refractivity contribution in [1.82, 2.24) is 4.31 Å². The van der Waals surface area contributed by atoms with E-state index >= 15 is 0 Å². The van der Waals surface area contributed by atoms with E-state index in [1.54, 1.807) is 12.1 Å². The van der Waals surface area contributed by atoms with Crippen LogP contribution in [0.25, 0.3) is 0 Å². The maximum absolute atomic E-state index is 12.3. The maximum Gasteiger partial charge on any atom is 0.262 e. The summed E-state index contributed by atoms with van der Waals surface area (Å²) in [4.78, 5) is 12.2. The van der Waals surface area contributed by atoms with Crippen LogP contribution in [0.2, 0.25) is 0 Å². The number of ether oxygens (including phenoxy) is 2. The predicted octanol–water partition coefficient (Wildman–Crippen LogP) is 2.27. The molecule has 0 radical (unpaired) electrons. The van der Waals surface area contributed by atoms with Crippen molar-refractivity contribution in [3.05, 3.63) is 48.0 Å².